The Morgan fingerprint density at radius 3 is 2.15 bits per heavy atom. The number of Topliss-reactive ketones (excluding diaryl/α,β-unsaturated/α-hetero) is 1. The number of hydrogen-bond donors (Lipinski definition) is 1. The highest BCUT2D eigenvalue weighted by Crippen LogP contribution is 2.29. The molecule has 0 unspecified atom stereocenters. The summed E-state index contributed by atoms with van der Waals surface area (Å²) in [6, 6.07) is 11.2. The van der Waals surface area contributed by atoms with Gasteiger partial charge in [-0.05, 0) is 54.8 Å². The highest BCUT2D eigenvalue weighted by Gasteiger charge is 2.21. The predicted octanol–water partition coefficient (Wildman–Crippen LogP) is 5.14. The molecule has 0 bridgehead atoms. The molecule has 178 valence electrons. The monoisotopic (exact) mass is 455 g/mol. The van der Waals surface area contributed by atoms with Crippen molar-refractivity contribution in [2.24, 2.45) is 11.3 Å². The Balaban J connectivity index is 1.94. The molecule has 7 nitrogen and oxygen atoms in total. The number of ketones is 1. The van der Waals surface area contributed by atoms with Crippen molar-refractivity contribution in [3.05, 3.63) is 53.6 Å². The van der Waals surface area contributed by atoms with Gasteiger partial charge in [-0.2, -0.15) is 0 Å². The topological polar surface area (TPSA) is 90.9 Å². The predicted molar refractivity (Wildman–Crippen MR) is 127 cm³/mol. The quantitative estimate of drug-likeness (QED) is 0.394. The fourth-order valence-electron chi connectivity index (χ4n) is 2.67. The van der Waals surface area contributed by atoms with Crippen LogP contribution in [-0.4, -0.2) is 38.0 Å². The van der Waals surface area contributed by atoms with Gasteiger partial charge in [-0.15, -0.1) is 0 Å². The van der Waals surface area contributed by atoms with E-state index in [1.165, 1.54) is 13.2 Å². The van der Waals surface area contributed by atoms with Crippen LogP contribution in [0.1, 0.15) is 61.8 Å². The van der Waals surface area contributed by atoms with Crippen LogP contribution in [0.15, 0.2) is 42.5 Å². The Morgan fingerprint density at radius 2 is 1.58 bits per heavy atom. The number of amides is 1. The van der Waals surface area contributed by atoms with E-state index in [-0.39, 0.29) is 17.3 Å². The number of carbonyl (C=O) groups is 3. The van der Waals surface area contributed by atoms with Gasteiger partial charge in [-0.1, -0.05) is 34.6 Å². The Labute approximate surface area is 195 Å². The summed E-state index contributed by atoms with van der Waals surface area (Å²) in [7, 11) is 1.50. The number of esters is 1. The van der Waals surface area contributed by atoms with Gasteiger partial charge in [0.05, 0.1) is 19.3 Å². The summed E-state index contributed by atoms with van der Waals surface area (Å²) in [5.41, 5.74) is 0.703. The second-order valence-electron chi connectivity index (χ2n) is 9.18. The van der Waals surface area contributed by atoms with E-state index in [0.717, 1.165) is 6.42 Å². The van der Waals surface area contributed by atoms with E-state index >= 15 is 0 Å². The van der Waals surface area contributed by atoms with Crippen molar-refractivity contribution < 1.29 is 28.6 Å². The van der Waals surface area contributed by atoms with Crippen molar-refractivity contribution in [1.82, 2.24) is 0 Å². The average Bonchev–Trinajstić information content (AvgIpc) is 2.77. The van der Waals surface area contributed by atoms with E-state index in [4.69, 9.17) is 14.2 Å². The van der Waals surface area contributed by atoms with Gasteiger partial charge in [0.2, 0.25) is 5.91 Å². The molecule has 2 rings (SSSR count). The van der Waals surface area contributed by atoms with E-state index < -0.39 is 18.0 Å². The van der Waals surface area contributed by atoms with E-state index in [1.54, 1.807) is 36.4 Å². The summed E-state index contributed by atoms with van der Waals surface area (Å²) in [5, 5.41) is 2.80. The van der Waals surface area contributed by atoms with Crippen molar-refractivity contribution >= 4 is 23.3 Å². The maximum atomic E-state index is 12.4. The molecule has 0 saturated carbocycles. The Hall–Kier alpha value is -3.35. The second kappa shape index (κ2) is 11.5. The standard InChI is InChI=1S/C26H33NO6/c1-17(2)13-14-32-22-12-9-19(15-23(22)31-6)24(29)33-16-21(28)18-7-10-20(11-8-18)27-25(30)26(3,4)5/h7-12,15,17H,13-14,16H2,1-6H3,(H,27,30). The molecule has 0 spiro atoms. The Kier molecular flexibility index (Phi) is 9.02. The van der Waals surface area contributed by atoms with Crippen molar-refractivity contribution in [2.75, 3.05) is 25.6 Å². The molecule has 0 aromatic heterocycles. The average molecular weight is 456 g/mol. The lowest BCUT2D eigenvalue weighted by molar-refractivity contribution is -0.123. The minimum Gasteiger partial charge on any atom is -0.493 e. The van der Waals surface area contributed by atoms with Crippen LogP contribution in [0.4, 0.5) is 5.69 Å². The third kappa shape index (κ3) is 7.93. The summed E-state index contributed by atoms with van der Waals surface area (Å²) in [6.07, 6.45) is 0.902. The highest BCUT2D eigenvalue weighted by atomic mass is 16.5. The molecule has 2 aromatic carbocycles. The van der Waals surface area contributed by atoms with Gasteiger partial charge in [0.25, 0.3) is 0 Å². The van der Waals surface area contributed by atoms with Crippen molar-refractivity contribution in [3.63, 3.8) is 0 Å². The first kappa shape index (κ1) is 25.9. The fourth-order valence-corrected chi connectivity index (χ4v) is 2.67. The van der Waals surface area contributed by atoms with Gasteiger partial charge in [0.15, 0.2) is 23.9 Å². The molecule has 0 fully saturated rings. The molecule has 0 atom stereocenters. The first-order chi connectivity index (χ1) is 15.5. The Bertz CT molecular complexity index is 973. The third-order valence-corrected chi connectivity index (χ3v) is 4.83. The number of rotatable bonds is 10. The van der Waals surface area contributed by atoms with Gasteiger partial charge in [-0.25, -0.2) is 4.79 Å². The fraction of sp³-hybridized carbons (Fsp3) is 0.423. The van der Waals surface area contributed by atoms with Gasteiger partial charge in [0.1, 0.15) is 0 Å². The van der Waals surface area contributed by atoms with Crippen LogP contribution in [-0.2, 0) is 9.53 Å². The Morgan fingerprint density at radius 1 is 0.939 bits per heavy atom. The molecule has 33 heavy (non-hydrogen) atoms. The molecule has 0 aliphatic rings. The molecule has 0 aliphatic carbocycles. The molecular formula is C26H33NO6. The first-order valence-corrected chi connectivity index (χ1v) is 10.9. The number of carbonyl (C=O) groups excluding carboxylic acids is 3. The molecule has 0 radical (unpaired) electrons. The van der Waals surface area contributed by atoms with Gasteiger partial charge in [-0.3, -0.25) is 9.59 Å². The summed E-state index contributed by atoms with van der Waals surface area (Å²) in [6.45, 7) is 9.82. The van der Waals surface area contributed by atoms with E-state index in [0.29, 0.717) is 35.3 Å². The molecule has 0 saturated heterocycles. The van der Waals surface area contributed by atoms with E-state index in [1.807, 2.05) is 20.8 Å². The lowest BCUT2D eigenvalue weighted by Gasteiger charge is -2.17. The molecule has 1 amide bonds. The highest BCUT2D eigenvalue weighted by molar-refractivity contribution is 6.00. The summed E-state index contributed by atoms with van der Waals surface area (Å²) >= 11 is 0. The summed E-state index contributed by atoms with van der Waals surface area (Å²) < 4.78 is 16.2. The van der Waals surface area contributed by atoms with Gasteiger partial charge >= 0.3 is 5.97 Å². The minimum atomic E-state index is -0.635. The molecule has 0 aliphatic heterocycles. The maximum Gasteiger partial charge on any atom is 0.338 e. The normalized spacial score (nSPS) is 11.1. The lowest BCUT2D eigenvalue weighted by atomic mass is 9.95. The third-order valence-electron chi connectivity index (χ3n) is 4.83. The summed E-state index contributed by atoms with van der Waals surface area (Å²) in [5.74, 6) is 0.377. The zero-order valence-corrected chi connectivity index (χ0v) is 20.2. The number of methoxy groups -OCH3 is 1. The van der Waals surface area contributed by atoms with Crippen molar-refractivity contribution in [1.29, 1.82) is 0 Å². The van der Waals surface area contributed by atoms with Gasteiger partial charge in [0, 0.05) is 16.7 Å². The second-order valence-corrected chi connectivity index (χ2v) is 9.18. The molecule has 0 heterocycles. The number of ether oxygens (including phenoxy) is 3. The molecule has 2 aromatic rings. The number of nitrogens with one attached hydrogen (secondary N) is 1. The van der Waals surface area contributed by atoms with Crippen LogP contribution in [0.3, 0.4) is 0 Å². The molecular weight excluding hydrogens is 422 g/mol. The van der Waals surface area contributed by atoms with Crippen LogP contribution < -0.4 is 14.8 Å². The number of hydrogen-bond acceptors (Lipinski definition) is 6. The van der Waals surface area contributed by atoms with Crippen LogP contribution >= 0.6 is 0 Å². The number of benzene rings is 2. The van der Waals surface area contributed by atoms with E-state index in [2.05, 4.69) is 19.2 Å². The lowest BCUT2D eigenvalue weighted by Crippen LogP contribution is -2.27. The zero-order valence-electron chi connectivity index (χ0n) is 20.2. The van der Waals surface area contributed by atoms with Crippen LogP contribution in [0.25, 0.3) is 0 Å². The SMILES string of the molecule is COc1cc(C(=O)OCC(=O)c2ccc(NC(=O)C(C)(C)C)cc2)ccc1OCCC(C)C. The molecule has 7 heteroatoms. The van der Waals surface area contributed by atoms with Crippen molar-refractivity contribution in [3.8, 4) is 11.5 Å². The van der Waals surface area contributed by atoms with Crippen LogP contribution in [0, 0.1) is 11.3 Å². The maximum absolute atomic E-state index is 12.4. The smallest absolute Gasteiger partial charge is 0.338 e. The summed E-state index contributed by atoms with van der Waals surface area (Å²) in [4.78, 5) is 36.9. The first-order valence-electron chi connectivity index (χ1n) is 10.9. The zero-order chi connectivity index (χ0) is 24.6. The van der Waals surface area contributed by atoms with E-state index in [9.17, 15) is 14.4 Å². The van der Waals surface area contributed by atoms with Crippen LogP contribution in [0.2, 0.25) is 0 Å². The minimum absolute atomic E-state index is 0.123. The van der Waals surface area contributed by atoms with Crippen LogP contribution in [0.5, 0.6) is 11.5 Å². The number of anilines is 1. The van der Waals surface area contributed by atoms with Gasteiger partial charge < -0.3 is 19.5 Å². The largest absolute Gasteiger partial charge is 0.493 e. The van der Waals surface area contributed by atoms with Crippen molar-refractivity contribution in [2.45, 2.75) is 41.0 Å². The molecule has 1 N–H and O–H groups in total.